The van der Waals surface area contributed by atoms with Crippen LogP contribution in [0.5, 0.6) is 0 Å². The maximum Gasteiger partial charge on any atom is 0.241 e. The standard InChI is InChI=1S/C20H20FN3O/c1-14-2-4-15(5-3-14)12-24(18-10-11-18)13-19-22-20(23-25-19)16-6-8-17(21)9-7-16/h2-9,18H,10-13H2,1H3. The van der Waals surface area contributed by atoms with Crippen molar-refractivity contribution in [2.75, 3.05) is 0 Å². The average Bonchev–Trinajstić information content (AvgIpc) is 3.36. The molecule has 0 saturated heterocycles. The molecular formula is C20H20FN3O. The van der Waals surface area contributed by atoms with Crippen molar-refractivity contribution in [1.82, 2.24) is 15.0 Å². The van der Waals surface area contributed by atoms with E-state index in [9.17, 15) is 4.39 Å². The van der Waals surface area contributed by atoms with Crippen molar-refractivity contribution in [2.45, 2.75) is 38.9 Å². The van der Waals surface area contributed by atoms with Gasteiger partial charge < -0.3 is 4.52 Å². The summed E-state index contributed by atoms with van der Waals surface area (Å²) in [5.41, 5.74) is 3.31. The Balaban J connectivity index is 1.47. The molecule has 0 spiro atoms. The van der Waals surface area contributed by atoms with E-state index in [1.54, 1.807) is 12.1 Å². The normalized spacial score (nSPS) is 14.2. The summed E-state index contributed by atoms with van der Waals surface area (Å²) in [6.45, 7) is 3.60. The molecule has 1 fully saturated rings. The van der Waals surface area contributed by atoms with Crippen LogP contribution in [0.1, 0.15) is 29.9 Å². The van der Waals surface area contributed by atoms with Crippen LogP contribution in [0.25, 0.3) is 11.4 Å². The Kier molecular flexibility index (Phi) is 4.32. The van der Waals surface area contributed by atoms with Crippen LogP contribution < -0.4 is 0 Å². The predicted molar refractivity (Wildman–Crippen MR) is 93.1 cm³/mol. The number of halogens is 1. The Morgan fingerprint density at radius 2 is 1.76 bits per heavy atom. The van der Waals surface area contributed by atoms with Gasteiger partial charge in [-0.15, -0.1) is 0 Å². The summed E-state index contributed by atoms with van der Waals surface area (Å²) >= 11 is 0. The van der Waals surface area contributed by atoms with Gasteiger partial charge in [0.1, 0.15) is 5.82 Å². The van der Waals surface area contributed by atoms with E-state index in [4.69, 9.17) is 4.52 Å². The summed E-state index contributed by atoms with van der Waals surface area (Å²) in [5, 5.41) is 4.03. The zero-order valence-electron chi connectivity index (χ0n) is 14.2. The molecular weight excluding hydrogens is 317 g/mol. The van der Waals surface area contributed by atoms with Crippen molar-refractivity contribution in [3.05, 3.63) is 71.4 Å². The third-order valence-electron chi connectivity index (χ3n) is 4.48. The van der Waals surface area contributed by atoms with Gasteiger partial charge in [0.25, 0.3) is 0 Å². The van der Waals surface area contributed by atoms with E-state index in [1.807, 2.05) is 0 Å². The number of nitrogens with zero attached hydrogens (tertiary/aromatic N) is 3. The third-order valence-corrected chi connectivity index (χ3v) is 4.48. The van der Waals surface area contributed by atoms with Crippen LogP contribution in [0.3, 0.4) is 0 Å². The van der Waals surface area contributed by atoms with Gasteiger partial charge in [-0.1, -0.05) is 35.0 Å². The first-order chi connectivity index (χ1) is 12.2. The second-order valence-corrected chi connectivity index (χ2v) is 6.64. The molecule has 0 bridgehead atoms. The van der Waals surface area contributed by atoms with Crippen LogP contribution in [0, 0.1) is 12.7 Å². The zero-order valence-corrected chi connectivity index (χ0v) is 14.2. The fourth-order valence-corrected chi connectivity index (χ4v) is 2.89. The molecule has 5 heteroatoms. The highest BCUT2D eigenvalue weighted by Crippen LogP contribution is 2.30. The Morgan fingerprint density at radius 3 is 2.44 bits per heavy atom. The van der Waals surface area contributed by atoms with Crippen LogP contribution >= 0.6 is 0 Å². The van der Waals surface area contributed by atoms with E-state index < -0.39 is 0 Å². The average molecular weight is 337 g/mol. The summed E-state index contributed by atoms with van der Waals surface area (Å²) < 4.78 is 18.5. The number of hydrogen-bond acceptors (Lipinski definition) is 4. The van der Waals surface area contributed by atoms with E-state index >= 15 is 0 Å². The predicted octanol–water partition coefficient (Wildman–Crippen LogP) is 4.35. The molecule has 25 heavy (non-hydrogen) atoms. The van der Waals surface area contributed by atoms with Gasteiger partial charge in [-0.25, -0.2) is 4.39 Å². The molecule has 0 unspecified atom stereocenters. The first-order valence-electron chi connectivity index (χ1n) is 8.55. The highest BCUT2D eigenvalue weighted by atomic mass is 19.1. The first-order valence-corrected chi connectivity index (χ1v) is 8.55. The van der Waals surface area contributed by atoms with Gasteiger partial charge in [-0.05, 0) is 49.6 Å². The van der Waals surface area contributed by atoms with Gasteiger partial charge in [0.05, 0.1) is 6.54 Å². The SMILES string of the molecule is Cc1ccc(CN(Cc2nc(-c3ccc(F)cc3)no2)C2CC2)cc1. The molecule has 1 heterocycles. The first kappa shape index (κ1) is 16.0. The molecule has 0 radical (unpaired) electrons. The summed E-state index contributed by atoms with van der Waals surface area (Å²) in [5.74, 6) is 0.824. The van der Waals surface area contributed by atoms with E-state index in [1.165, 1.54) is 36.1 Å². The lowest BCUT2D eigenvalue weighted by atomic mass is 10.1. The summed E-state index contributed by atoms with van der Waals surface area (Å²) in [6.07, 6.45) is 2.43. The fourth-order valence-electron chi connectivity index (χ4n) is 2.89. The van der Waals surface area contributed by atoms with E-state index in [0.29, 0.717) is 24.3 Å². The van der Waals surface area contributed by atoms with Crippen LogP contribution in [-0.4, -0.2) is 21.1 Å². The molecule has 0 N–H and O–H groups in total. The Labute approximate surface area is 146 Å². The van der Waals surface area contributed by atoms with E-state index in [-0.39, 0.29) is 5.82 Å². The van der Waals surface area contributed by atoms with Crippen LogP contribution in [0.2, 0.25) is 0 Å². The molecule has 0 aliphatic heterocycles. The van der Waals surface area contributed by atoms with E-state index in [2.05, 4.69) is 46.2 Å². The van der Waals surface area contributed by atoms with Gasteiger partial charge >= 0.3 is 0 Å². The molecule has 4 rings (SSSR count). The molecule has 4 nitrogen and oxygen atoms in total. The highest BCUT2D eigenvalue weighted by molar-refractivity contribution is 5.53. The molecule has 128 valence electrons. The van der Waals surface area contributed by atoms with Crippen molar-refractivity contribution in [1.29, 1.82) is 0 Å². The molecule has 3 aromatic rings. The maximum atomic E-state index is 13.0. The van der Waals surface area contributed by atoms with Crippen LogP contribution in [0.15, 0.2) is 53.1 Å². The molecule has 1 aliphatic carbocycles. The fraction of sp³-hybridized carbons (Fsp3) is 0.300. The quantitative estimate of drug-likeness (QED) is 0.671. The number of aryl methyl sites for hydroxylation is 1. The summed E-state index contributed by atoms with van der Waals surface area (Å²) in [4.78, 5) is 6.86. The molecule has 1 aromatic heterocycles. The van der Waals surface area contributed by atoms with Gasteiger partial charge in [0, 0.05) is 18.2 Å². The third kappa shape index (κ3) is 3.94. The Hall–Kier alpha value is -2.53. The van der Waals surface area contributed by atoms with Gasteiger partial charge in [-0.3, -0.25) is 4.90 Å². The minimum Gasteiger partial charge on any atom is -0.338 e. The lowest BCUT2D eigenvalue weighted by Gasteiger charge is -2.20. The highest BCUT2D eigenvalue weighted by Gasteiger charge is 2.30. The van der Waals surface area contributed by atoms with Crippen LogP contribution in [0.4, 0.5) is 4.39 Å². The minimum absolute atomic E-state index is 0.273. The monoisotopic (exact) mass is 337 g/mol. The number of aromatic nitrogens is 2. The van der Waals surface area contributed by atoms with Gasteiger partial charge in [0.15, 0.2) is 0 Å². The lowest BCUT2D eigenvalue weighted by molar-refractivity contribution is 0.209. The minimum atomic E-state index is -0.273. The van der Waals surface area contributed by atoms with Gasteiger partial charge in [0.2, 0.25) is 11.7 Å². The van der Waals surface area contributed by atoms with Crippen molar-refractivity contribution in [2.24, 2.45) is 0 Å². The number of rotatable bonds is 6. The Morgan fingerprint density at radius 1 is 1.04 bits per heavy atom. The number of hydrogen-bond donors (Lipinski definition) is 0. The zero-order chi connectivity index (χ0) is 17.2. The summed E-state index contributed by atoms with van der Waals surface area (Å²) in [7, 11) is 0. The van der Waals surface area contributed by atoms with Crippen molar-refractivity contribution in [3.63, 3.8) is 0 Å². The molecule has 0 atom stereocenters. The molecule has 2 aromatic carbocycles. The smallest absolute Gasteiger partial charge is 0.241 e. The second-order valence-electron chi connectivity index (χ2n) is 6.64. The van der Waals surface area contributed by atoms with Crippen molar-refractivity contribution < 1.29 is 8.91 Å². The number of benzene rings is 2. The Bertz CT molecular complexity index is 838. The van der Waals surface area contributed by atoms with E-state index in [0.717, 1.165) is 12.1 Å². The largest absolute Gasteiger partial charge is 0.338 e. The lowest BCUT2D eigenvalue weighted by Crippen LogP contribution is -2.25. The molecule has 1 saturated carbocycles. The van der Waals surface area contributed by atoms with Crippen LogP contribution in [-0.2, 0) is 13.1 Å². The van der Waals surface area contributed by atoms with Crippen molar-refractivity contribution in [3.8, 4) is 11.4 Å². The van der Waals surface area contributed by atoms with Gasteiger partial charge in [-0.2, -0.15) is 4.98 Å². The maximum absolute atomic E-state index is 13.0. The van der Waals surface area contributed by atoms with Crippen molar-refractivity contribution >= 4 is 0 Å². The molecule has 0 amide bonds. The second kappa shape index (κ2) is 6.76. The topological polar surface area (TPSA) is 42.2 Å². The molecule has 1 aliphatic rings. The summed E-state index contributed by atoms with van der Waals surface area (Å²) in [6, 6.07) is 15.3.